The predicted octanol–water partition coefficient (Wildman–Crippen LogP) is 1.76. The van der Waals surface area contributed by atoms with Gasteiger partial charge in [-0.25, -0.2) is 17.2 Å². The molecule has 0 aliphatic carbocycles. The van der Waals surface area contributed by atoms with Gasteiger partial charge in [-0.3, -0.25) is 0 Å². The number of fused-ring (bicyclic) bond motifs is 1. The quantitative estimate of drug-likeness (QED) is 0.894. The maximum Gasteiger partial charge on any atom is 0.248 e. The number of nitrogens with one attached hydrogen (secondary N) is 1. The minimum Gasteiger partial charge on any atom is -0.314 e. The number of halogens is 3. The van der Waals surface area contributed by atoms with Crippen molar-refractivity contribution in [2.45, 2.75) is 23.8 Å². The third-order valence-electron chi connectivity index (χ3n) is 4.14. The van der Waals surface area contributed by atoms with Gasteiger partial charge in [0.05, 0.1) is 0 Å². The molecule has 0 spiro atoms. The van der Waals surface area contributed by atoms with E-state index in [1.54, 1.807) is 0 Å². The third kappa shape index (κ3) is 2.92. The lowest BCUT2D eigenvalue weighted by Gasteiger charge is -2.34. The Kier molecular flexibility index (Phi) is 4.87. The molecule has 2 atom stereocenters. The van der Waals surface area contributed by atoms with Gasteiger partial charge in [0.1, 0.15) is 11.6 Å². The Balaban J connectivity index is 0.00000161. The maximum atomic E-state index is 13.7. The smallest absolute Gasteiger partial charge is 0.248 e. The molecule has 21 heavy (non-hydrogen) atoms. The molecule has 2 unspecified atom stereocenters. The van der Waals surface area contributed by atoms with Gasteiger partial charge in [-0.1, -0.05) is 6.07 Å². The Labute approximate surface area is 129 Å². The van der Waals surface area contributed by atoms with Gasteiger partial charge >= 0.3 is 0 Å². The first kappa shape index (κ1) is 16.6. The van der Waals surface area contributed by atoms with E-state index in [1.165, 1.54) is 4.31 Å². The Hall–Kier alpha value is -0.760. The highest BCUT2D eigenvalue weighted by molar-refractivity contribution is 7.89. The molecule has 8 heteroatoms. The van der Waals surface area contributed by atoms with E-state index in [-0.39, 0.29) is 18.3 Å². The molecule has 0 bridgehead atoms. The first-order valence-corrected chi connectivity index (χ1v) is 8.11. The molecule has 3 rings (SSSR count). The molecule has 118 valence electrons. The fourth-order valence-electron chi connectivity index (χ4n) is 3.09. The standard InChI is InChI=1S/C13H16F2N2O2S.ClH/c14-10-2-1-3-11(15)13(10)20(18,19)17-7-5-12-9(8-17)4-6-16-12;/h1-3,9,12,16H,4-8H2;1H. The second-order valence-corrected chi connectivity index (χ2v) is 7.19. The third-order valence-corrected chi connectivity index (χ3v) is 6.05. The summed E-state index contributed by atoms with van der Waals surface area (Å²) in [6.45, 7) is 1.50. The second-order valence-electron chi connectivity index (χ2n) is 5.31. The molecule has 1 aromatic carbocycles. The summed E-state index contributed by atoms with van der Waals surface area (Å²) in [7, 11) is -4.11. The molecule has 2 aliphatic heterocycles. The Morgan fingerprint density at radius 2 is 1.86 bits per heavy atom. The lowest BCUT2D eigenvalue weighted by atomic mass is 9.95. The topological polar surface area (TPSA) is 49.4 Å². The molecular weight excluding hydrogens is 322 g/mol. The minimum atomic E-state index is -4.11. The van der Waals surface area contributed by atoms with Gasteiger partial charge < -0.3 is 5.32 Å². The predicted molar refractivity (Wildman–Crippen MR) is 76.9 cm³/mol. The molecule has 2 fully saturated rings. The van der Waals surface area contributed by atoms with Crippen molar-refractivity contribution in [3.63, 3.8) is 0 Å². The SMILES string of the molecule is Cl.O=S(=O)(c1c(F)cccc1F)N1CCC2NCCC2C1. The van der Waals surface area contributed by atoms with Crippen LogP contribution in [0.4, 0.5) is 8.78 Å². The summed E-state index contributed by atoms with van der Waals surface area (Å²) in [5.41, 5.74) is 0. The zero-order chi connectivity index (χ0) is 14.3. The number of rotatable bonds is 2. The van der Waals surface area contributed by atoms with Crippen molar-refractivity contribution in [1.29, 1.82) is 0 Å². The molecule has 4 nitrogen and oxygen atoms in total. The molecule has 2 aliphatic rings. The van der Waals surface area contributed by atoms with Crippen LogP contribution in [0.3, 0.4) is 0 Å². The fraction of sp³-hybridized carbons (Fsp3) is 0.538. The van der Waals surface area contributed by atoms with Gasteiger partial charge in [-0.15, -0.1) is 12.4 Å². The van der Waals surface area contributed by atoms with E-state index in [0.29, 0.717) is 25.6 Å². The summed E-state index contributed by atoms with van der Waals surface area (Å²) < 4.78 is 53.5. The molecule has 0 amide bonds. The second kappa shape index (κ2) is 6.16. The van der Waals surface area contributed by atoms with Crippen LogP contribution < -0.4 is 5.32 Å². The zero-order valence-electron chi connectivity index (χ0n) is 11.3. The summed E-state index contributed by atoms with van der Waals surface area (Å²) in [5, 5.41) is 3.32. The molecule has 2 heterocycles. The van der Waals surface area contributed by atoms with E-state index in [2.05, 4.69) is 5.32 Å². The first-order valence-electron chi connectivity index (χ1n) is 6.67. The van der Waals surface area contributed by atoms with Crippen molar-refractivity contribution in [1.82, 2.24) is 9.62 Å². The van der Waals surface area contributed by atoms with Crippen molar-refractivity contribution in [3.8, 4) is 0 Å². The first-order chi connectivity index (χ1) is 9.50. The highest BCUT2D eigenvalue weighted by Crippen LogP contribution is 2.30. The summed E-state index contributed by atoms with van der Waals surface area (Å²) >= 11 is 0. The van der Waals surface area contributed by atoms with E-state index in [4.69, 9.17) is 0 Å². The van der Waals surface area contributed by atoms with Crippen LogP contribution in [0.2, 0.25) is 0 Å². The number of nitrogens with zero attached hydrogens (tertiary/aromatic N) is 1. The number of hydrogen-bond donors (Lipinski definition) is 1. The highest BCUT2D eigenvalue weighted by Gasteiger charge is 2.39. The van der Waals surface area contributed by atoms with Crippen LogP contribution in [0, 0.1) is 17.6 Å². The number of benzene rings is 1. The van der Waals surface area contributed by atoms with Crippen LogP contribution in [0.25, 0.3) is 0 Å². The molecule has 1 N–H and O–H groups in total. The van der Waals surface area contributed by atoms with Crippen LogP contribution in [0.1, 0.15) is 12.8 Å². The molecular formula is C13H17ClF2N2O2S. The van der Waals surface area contributed by atoms with Crippen LogP contribution in [0.15, 0.2) is 23.1 Å². The fourth-order valence-corrected chi connectivity index (χ4v) is 4.71. The number of sulfonamides is 1. The van der Waals surface area contributed by atoms with E-state index in [1.807, 2.05) is 0 Å². The van der Waals surface area contributed by atoms with Gasteiger partial charge in [0.2, 0.25) is 10.0 Å². The Bertz CT molecular complexity index is 606. The summed E-state index contributed by atoms with van der Waals surface area (Å²) in [5.74, 6) is -1.83. The zero-order valence-corrected chi connectivity index (χ0v) is 12.9. The van der Waals surface area contributed by atoms with Crippen LogP contribution in [-0.4, -0.2) is 38.4 Å². The van der Waals surface area contributed by atoms with Gasteiger partial charge in [0.15, 0.2) is 4.90 Å². The molecule has 0 saturated carbocycles. The van der Waals surface area contributed by atoms with Crippen LogP contribution in [0.5, 0.6) is 0 Å². The van der Waals surface area contributed by atoms with Crippen LogP contribution in [-0.2, 0) is 10.0 Å². The number of piperidine rings is 1. The van der Waals surface area contributed by atoms with Crippen molar-refractivity contribution >= 4 is 22.4 Å². The van der Waals surface area contributed by atoms with Crippen molar-refractivity contribution in [2.75, 3.05) is 19.6 Å². The van der Waals surface area contributed by atoms with Gasteiger partial charge in [0, 0.05) is 19.1 Å². The average molecular weight is 339 g/mol. The average Bonchev–Trinajstić information content (AvgIpc) is 2.85. The van der Waals surface area contributed by atoms with Crippen LogP contribution >= 0.6 is 12.4 Å². The summed E-state index contributed by atoms with van der Waals surface area (Å²) in [4.78, 5) is -0.829. The lowest BCUT2D eigenvalue weighted by molar-refractivity contribution is 0.246. The maximum absolute atomic E-state index is 13.7. The van der Waals surface area contributed by atoms with E-state index in [9.17, 15) is 17.2 Å². The van der Waals surface area contributed by atoms with Crippen molar-refractivity contribution in [2.24, 2.45) is 5.92 Å². The van der Waals surface area contributed by atoms with E-state index in [0.717, 1.165) is 31.2 Å². The molecule has 1 aromatic rings. The Morgan fingerprint density at radius 1 is 1.19 bits per heavy atom. The Morgan fingerprint density at radius 3 is 2.52 bits per heavy atom. The molecule has 2 saturated heterocycles. The normalized spacial score (nSPS) is 26.2. The van der Waals surface area contributed by atoms with E-state index < -0.39 is 26.6 Å². The lowest BCUT2D eigenvalue weighted by Crippen LogP contribution is -2.47. The van der Waals surface area contributed by atoms with Crippen molar-refractivity contribution < 1.29 is 17.2 Å². The molecule has 0 aromatic heterocycles. The summed E-state index contributed by atoms with van der Waals surface area (Å²) in [6.07, 6.45) is 1.58. The minimum absolute atomic E-state index is 0. The van der Waals surface area contributed by atoms with Gasteiger partial charge in [0.25, 0.3) is 0 Å². The summed E-state index contributed by atoms with van der Waals surface area (Å²) in [6, 6.07) is 3.43. The van der Waals surface area contributed by atoms with Gasteiger partial charge in [-0.2, -0.15) is 4.31 Å². The largest absolute Gasteiger partial charge is 0.314 e. The monoisotopic (exact) mass is 338 g/mol. The highest BCUT2D eigenvalue weighted by atomic mass is 35.5. The molecule has 0 radical (unpaired) electrons. The van der Waals surface area contributed by atoms with E-state index >= 15 is 0 Å². The number of hydrogen-bond acceptors (Lipinski definition) is 3. The van der Waals surface area contributed by atoms with Gasteiger partial charge in [-0.05, 0) is 37.4 Å². The van der Waals surface area contributed by atoms with Crippen molar-refractivity contribution in [3.05, 3.63) is 29.8 Å².